The monoisotopic (exact) mass is 304 g/mol. The van der Waals surface area contributed by atoms with Crippen molar-refractivity contribution in [3.05, 3.63) is 42.5 Å². The van der Waals surface area contributed by atoms with Crippen LogP contribution < -0.4 is 15.8 Å². The Morgan fingerprint density at radius 2 is 1.76 bits per heavy atom. The molecule has 2 rings (SSSR count). The Kier molecular flexibility index (Phi) is 4.59. The number of ether oxygens (including phenoxy) is 1. The Hall–Kier alpha value is -2.34. The molecule has 0 radical (unpaired) electrons. The Labute approximate surface area is 125 Å². The first-order valence-electron chi connectivity index (χ1n) is 6.24. The fourth-order valence-corrected chi connectivity index (χ4v) is 2.88. The van der Waals surface area contributed by atoms with E-state index in [1.54, 1.807) is 49.6 Å². The molecule has 0 aromatic heterocycles. The second kappa shape index (κ2) is 6.41. The van der Waals surface area contributed by atoms with Gasteiger partial charge < -0.3 is 15.8 Å². The molecule has 3 N–H and O–H groups in total. The van der Waals surface area contributed by atoms with Gasteiger partial charge in [-0.15, -0.1) is 0 Å². The number of carbonyl (C=O) groups is 1. The first-order chi connectivity index (χ1) is 10.0. The van der Waals surface area contributed by atoms with Gasteiger partial charge in [0.1, 0.15) is 5.75 Å². The predicted molar refractivity (Wildman–Crippen MR) is 82.8 cm³/mol. The fraction of sp³-hybridized carbons (Fsp3) is 0.133. The molecule has 0 spiro atoms. The molecule has 5 nitrogen and oxygen atoms in total. The number of nitrogens with two attached hydrogens (primary N) is 1. The number of hydrogen-bond donors (Lipinski definition) is 2. The summed E-state index contributed by atoms with van der Waals surface area (Å²) in [6.45, 7) is 1.41. The molecule has 2 aromatic rings. The van der Waals surface area contributed by atoms with Crippen molar-refractivity contribution in [3.63, 3.8) is 0 Å². The van der Waals surface area contributed by atoms with Crippen LogP contribution in [-0.4, -0.2) is 17.2 Å². The van der Waals surface area contributed by atoms with Crippen LogP contribution in [0.25, 0.3) is 0 Å². The van der Waals surface area contributed by atoms with Crippen molar-refractivity contribution in [2.24, 2.45) is 0 Å². The molecule has 1 atom stereocenters. The Morgan fingerprint density at radius 1 is 1.14 bits per heavy atom. The maximum Gasteiger partial charge on any atom is 0.221 e. The molecule has 6 heteroatoms. The van der Waals surface area contributed by atoms with E-state index in [2.05, 4.69) is 5.32 Å². The summed E-state index contributed by atoms with van der Waals surface area (Å²) in [6, 6.07) is 11.9. The van der Waals surface area contributed by atoms with Crippen LogP contribution in [0.5, 0.6) is 5.75 Å². The average Bonchev–Trinajstić information content (AvgIpc) is 2.48. The molecule has 0 aliphatic carbocycles. The third-order valence-corrected chi connectivity index (χ3v) is 4.20. The number of methoxy groups -OCH3 is 1. The Balaban J connectivity index is 2.26. The number of benzene rings is 2. The first-order valence-corrected chi connectivity index (χ1v) is 7.39. The van der Waals surface area contributed by atoms with Crippen LogP contribution in [0.1, 0.15) is 6.92 Å². The van der Waals surface area contributed by atoms with Gasteiger partial charge >= 0.3 is 0 Å². The summed E-state index contributed by atoms with van der Waals surface area (Å²) >= 11 is 0. The molecule has 1 unspecified atom stereocenters. The fourth-order valence-electron chi connectivity index (χ4n) is 1.80. The molecule has 21 heavy (non-hydrogen) atoms. The quantitative estimate of drug-likeness (QED) is 0.850. The third kappa shape index (κ3) is 3.61. The summed E-state index contributed by atoms with van der Waals surface area (Å²) in [6.07, 6.45) is 0. The SMILES string of the molecule is COc1ccc(S(=O)c2ccc(NC(C)=O)c(N)c2)cc1. The topological polar surface area (TPSA) is 81.4 Å². The van der Waals surface area contributed by atoms with Crippen LogP contribution in [-0.2, 0) is 15.6 Å². The largest absolute Gasteiger partial charge is 0.497 e. The summed E-state index contributed by atoms with van der Waals surface area (Å²) in [4.78, 5) is 12.3. The van der Waals surface area contributed by atoms with Gasteiger partial charge in [-0.05, 0) is 42.5 Å². The molecular weight excluding hydrogens is 288 g/mol. The van der Waals surface area contributed by atoms with Crippen molar-refractivity contribution in [2.45, 2.75) is 16.7 Å². The van der Waals surface area contributed by atoms with Gasteiger partial charge in [0.25, 0.3) is 0 Å². The number of nitrogen functional groups attached to an aromatic ring is 1. The Morgan fingerprint density at radius 3 is 2.29 bits per heavy atom. The highest BCUT2D eigenvalue weighted by Crippen LogP contribution is 2.25. The van der Waals surface area contributed by atoms with E-state index in [0.29, 0.717) is 26.9 Å². The van der Waals surface area contributed by atoms with Gasteiger partial charge in [0.15, 0.2) is 0 Å². The molecule has 2 aromatic carbocycles. The molecular formula is C15H16N2O3S. The second-order valence-corrected chi connectivity index (χ2v) is 5.85. The lowest BCUT2D eigenvalue weighted by atomic mass is 10.2. The van der Waals surface area contributed by atoms with Crippen LogP contribution in [0.2, 0.25) is 0 Å². The van der Waals surface area contributed by atoms with Crippen molar-refractivity contribution >= 4 is 28.1 Å². The highest BCUT2D eigenvalue weighted by molar-refractivity contribution is 7.85. The van der Waals surface area contributed by atoms with Crippen LogP contribution in [0.4, 0.5) is 11.4 Å². The lowest BCUT2D eigenvalue weighted by Crippen LogP contribution is -2.08. The van der Waals surface area contributed by atoms with Gasteiger partial charge in [0.2, 0.25) is 5.91 Å². The zero-order valence-corrected chi connectivity index (χ0v) is 12.6. The standard InChI is InChI=1S/C15H16N2O3S/c1-10(18)17-15-8-7-13(9-14(15)16)21(19)12-5-3-11(20-2)4-6-12/h3-9H,16H2,1-2H3,(H,17,18). The second-order valence-electron chi connectivity index (χ2n) is 4.37. The molecule has 110 valence electrons. The van der Waals surface area contributed by atoms with Gasteiger partial charge in [0.05, 0.1) is 29.3 Å². The lowest BCUT2D eigenvalue weighted by Gasteiger charge is -2.09. The van der Waals surface area contributed by atoms with E-state index in [1.165, 1.54) is 6.92 Å². The Bertz CT molecular complexity index is 684. The zero-order chi connectivity index (χ0) is 15.4. The van der Waals surface area contributed by atoms with Crippen molar-refractivity contribution in [2.75, 3.05) is 18.2 Å². The van der Waals surface area contributed by atoms with E-state index in [9.17, 15) is 9.00 Å². The number of nitrogens with one attached hydrogen (secondary N) is 1. The van der Waals surface area contributed by atoms with Crippen molar-refractivity contribution in [3.8, 4) is 5.75 Å². The van der Waals surface area contributed by atoms with E-state index in [4.69, 9.17) is 10.5 Å². The summed E-state index contributed by atoms with van der Waals surface area (Å²) < 4.78 is 17.5. The predicted octanol–water partition coefficient (Wildman–Crippen LogP) is 2.40. The number of amides is 1. The average molecular weight is 304 g/mol. The van der Waals surface area contributed by atoms with Crippen molar-refractivity contribution < 1.29 is 13.7 Å². The maximum absolute atomic E-state index is 12.5. The summed E-state index contributed by atoms with van der Waals surface area (Å²) in [5.74, 6) is 0.502. The first kappa shape index (κ1) is 15.1. The van der Waals surface area contributed by atoms with E-state index < -0.39 is 10.8 Å². The van der Waals surface area contributed by atoms with E-state index >= 15 is 0 Å². The summed E-state index contributed by atoms with van der Waals surface area (Å²) in [5.41, 5.74) is 6.75. The molecule has 0 fully saturated rings. The van der Waals surface area contributed by atoms with E-state index in [1.807, 2.05) is 0 Å². The molecule has 0 bridgehead atoms. The molecule has 0 heterocycles. The summed E-state index contributed by atoms with van der Waals surface area (Å²) in [7, 11) is 0.240. The van der Waals surface area contributed by atoms with Crippen LogP contribution in [0, 0.1) is 0 Å². The summed E-state index contributed by atoms with van der Waals surface area (Å²) in [5, 5.41) is 2.61. The minimum atomic E-state index is -1.34. The molecule has 0 aliphatic rings. The van der Waals surface area contributed by atoms with Gasteiger partial charge in [-0.25, -0.2) is 4.21 Å². The van der Waals surface area contributed by atoms with Gasteiger partial charge in [-0.2, -0.15) is 0 Å². The molecule has 0 saturated heterocycles. The van der Waals surface area contributed by atoms with Crippen molar-refractivity contribution in [1.29, 1.82) is 0 Å². The van der Waals surface area contributed by atoms with E-state index in [-0.39, 0.29) is 5.91 Å². The number of hydrogen-bond acceptors (Lipinski definition) is 4. The van der Waals surface area contributed by atoms with Crippen LogP contribution >= 0.6 is 0 Å². The highest BCUT2D eigenvalue weighted by atomic mass is 32.2. The van der Waals surface area contributed by atoms with Crippen LogP contribution in [0.15, 0.2) is 52.3 Å². The minimum Gasteiger partial charge on any atom is -0.497 e. The maximum atomic E-state index is 12.5. The molecule has 0 aliphatic heterocycles. The number of rotatable bonds is 4. The van der Waals surface area contributed by atoms with Gasteiger partial charge in [-0.1, -0.05) is 0 Å². The van der Waals surface area contributed by atoms with E-state index in [0.717, 1.165) is 0 Å². The lowest BCUT2D eigenvalue weighted by molar-refractivity contribution is -0.114. The zero-order valence-electron chi connectivity index (χ0n) is 11.8. The number of anilines is 2. The third-order valence-electron chi connectivity index (χ3n) is 2.82. The smallest absolute Gasteiger partial charge is 0.221 e. The van der Waals surface area contributed by atoms with Crippen molar-refractivity contribution in [1.82, 2.24) is 0 Å². The van der Waals surface area contributed by atoms with Gasteiger partial charge in [0, 0.05) is 16.7 Å². The highest BCUT2D eigenvalue weighted by Gasteiger charge is 2.10. The minimum absolute atomic E-state index is 0.203. The molecule has 1 amide bonds. The normalized spacial score (nSPS) is 11.7. The number of carbonyl (C=O) groups excluding carboxylic acids is 1. The van der Waals surface area contributed by atoms with Crippen LogP contribution in [0.3, 0.4) is 0 Å². The molecule has 0 saturated carbocycles. The van der Waals surface area contributed by atoms with Gasteiger partial charge in [-0.3, -0.25) is 4.79 Å².